The van der Waals surface area contributed by atoms with Crippen LogP contribution in [0, 0.1) is 5.82 Å². The molecule has 20 heavy (non-hydrogen) atoms. The molecule has 4 nitrogen and oxygen atoms in total. The van der Waals surface area contributed by atoms with Crippen molar-refractivity contribution in [3.05, 3.63) is 35.7 Å². The van der Waals surface area contributed by atoms with Crippen molar-refractivity contribution in [2.75, 3.05) is 31.6 Å². The van der Waals surface area contributed by atoms with Crippen LogP contribution in [0.3, 0.4) is 0 Å². The maximum atomic E-state index is 14.1. The van der Waals surface area contributed by atoms with Gasteiger partial charge in [-0.25, -0.2) is 9.18 Å². The molecule has 1 atom stereocenters. The molecule has 2 rings (SSSR count). The molecule has 1 fully saturated rings. The van der Waals surface area contributed by atoms with E-state index in [1.165, 1.54) is 12.1 Å². The Morgan fingerprint density at radius 3 is 2.85 bits per heavy atom. The number of likely N-dealkylation sites (N-methyl/N-ethyl adjacent to an activating group) is 1. The van der Waals surface area contributed by atoms with Crippen LogP contribution in [0.4, 0.5) is 10.1 Å². The van der Waals surface area contributed by atoms with E-state index in [2.05, 4.69) is 18.9 Å². The molecule has 0 amide bonds. The predicted octanol–water partition coefficient (Wildman–Crippen LogP) is 2.06. The van der Waals surface area contributed by atoms with E-state index in [-0.39, 0.29) is 5.82 Å². The van der Waals surface area contributed by atoms with Crippen molar-refractivity contribution in [2.45, 2.75) is 13.0 Å². The molecule has 1 saturated heterocycles. The van der Waals surface area contributed by atoms with Crippen molar-refractivity contribution in [1.82, 2.24) is 4.90 Å². The first-order valence-corrected chi connectivity index (χ1v) is 6.63. The molecular weight excluding hydrogens is 259 g/mol. The molecule has 0 bridgehead atoms. The minimum Gasteiger partial charge on any atom is -0.478 e. The Kier molecular flexibility index (Phi) is 4.39. The zero-order valence-corrected chi connectivity index (χ0v) is 11.7. The lowest BCUT2D eigenvalue weighted by atomic mass is 10.1. The second-order valence-corrected chi connectivity index (χ2v) is 5.12. The Labute approximate surface area is 118 Å². The lowest BCUT2D eigenvalue weighted by molar-refractivity contribution is -0.131. The van der Waals surface area contributed by atoms with Crippen molar-refractivity contribution >= 4 is 17.7 Å². The van der Waals surface area contributed by atoms with E-state index in [4.69, 9.17) is 5.11 Å². The van der Waals surface area contributed by atoms with Gasteiger partial charge >= 0.3 is 5.97 Å². The van der Waals surface area contributed by atoms with Crippen molar-refractivity contribution in [3.8, 4) is 0 Å². The van der Waals surface area contributed by atoms with E-state index in [0.29, 0.717) is 17.3 Å². The Balaban J connectivity index is 2.32. The molecule has 108 valence electrons. The van der Waals surface area contributed by atoms with E-state index >= 15 is 0 Å². The molecular formula is C15H19FN2O2. The first-order chi connectivity index (χ1) is 9.49. The Morgan fingerprint density at radius 1 is 1.45 bits per heavy atom. The van der Waals surface area contributed by atoms with Gasteiger partial charge < -0.3 is 14.9 Å². The lowest BCUT2D eigenvalue weighted by Gasteiger charge is -2.39. The van der Waals surface area contributed by atoms with Gasteiger partial charge in [0.1, 0.15) is 5.82 Å². The van der Waals surface area contributed by atoms with E-state index in [1.54, 1.807) is 12.1 Å². The second-order valence-electron chi connectivity index (χ2n) is 5.12. The Morgan fingerprint density at radius 2 is 2.20 bits per heavy atom. The van der Waals surface area contributed by atoms with Gasteiger partial charge in [-0.15, -0.1) is 0 Å². The minimum absolute atomic E-state index is 0.311. The normalized spacial score (nSPS) is 20.6. The number of piperazine rings is 1. The number of aliphatic carboxylic acids is 1. The molecule has 1 aliphatic rings. The van der Waals surface area contributed by atoms with Crippen LogP contribution >= 0.6 is 0 Å². The Bertz CT molecular complexity index is 531. The van der Waals surface area contributed by atoms with Crippen molar-refractivity contribution in [2.24, 2.45) is 0 Å². The van der Waals surface area contributed by atoms with Gasteiger partial charge in [0.25, 0.3) is 0 Å². The summed E-state index contributed by atoms with van der Waals surface area (Å²) in [4.78, 5) is 14.9. The van der Waals surface area contributed by atoms with Crippen LogP contribution in [0.2, 0.25) is 0 Å². The van der Waals surface area contributed by atoms with E-state index < -0.39 is 5.97 Å². The smallest absolute Gasteiger partial charge is 0.328 e. The number of hydrogen-bond donors (Lipinski definition) is 1. The quantitative estimate of drug-likeness (QED) is 0.860. The van der Waals surface area contributed by atoms with Crippen LogP contribution in [0.5, 0.6) is 0 Å². The average molecular weight is 278 g/mol. The number of nitrogens with zero attached hydrogens (tertiary/aromatic N) is 2. The number of carboxylic acids is 1. The van der Waals surface area contributed by atoms with Crippen molar-refractivity contribution in [3.63, 3.8) is 0 Å². The molecule has 1 aromatic rings. The predicted molar refractivity (Wildman–Crippen MR) is 77.4 cm³/mol. The fraction of sp³-hybridized carbons (Fsp3) is 0.400. The second kappa shape index (κ2) is 6.05. The van der Waals surface area contributed by atoms with Gasteiger partial charge in [0.2, 0.25) is 0 Å². The lowest BCUT2D eigenvalue weighted by Crippen LogP contribution is -2.50. The number of anilines is 1. The summed E-state index contributed by atoms with van der Waals surface area (Å²) in [5.74, 6) is -1.35. The SMILES string of the molecule is CC1CN(c2c(F)cccc2/C=C/C(=O)O)CCN1C. The Hall–Kier alpha value is -1.88. The number of benzene rings is 1. The summed E-state index contributed by atoms with van der Waals surface area (Å²) in [6.45, 7) is 4.42. The van der Waals surface area contributed by atoms with Crippen LogP contribution in [0.15, 0.2) is 24.3 Å². The summed E-state index contributed by atoms with van der Waals surface area (Å²) in [6, 6.07) is 5.08. The van der Waals surface area contributed by atoms with Crippen LogP contribution < -0.4 is 4.90 Å². The molecule has 0 aromatic heterocycles. The van der Waals surface area contributed by atoms with Crippen LogP contribution in [-0.4, -0.2) is 48.7 Å². The summed E-state index contributed by atoms with van der Waals surface area (Å²) in [5, 5.41) is 8.72. The van der Waals surface area contributed by atoms with Crippen LogP contribution in [-0.2, 0) is 4.79 Å². The van der Waals surface area contributed by atoms with Gasteiger partial charge in [-0.3, -0.25) is 0 Å². The molecule has 1 N–H and O–H groups in total. The van der Waals surface area contributed by atoms with Crippen LogP contribution in [0.25, 0.3) is 6.08 Å². The van der Waals surface area contributed by atoms with E-state index in [9.17, 15) is 9.18 Å². The molecule has 1 heterocycles. The van der Waals surface area contributed by atoms with E-state index in [0.717, 1.165) is 25.7 Å². The number of hydrogen-bond acceptors (Lipinski definition) is 3. The summed E-state index contributed by atoms with van der Waals surface area (Å²) in [6.07, 6.45) is 2.49. The highest BCUT2D eigenvalue weighted by Gasteiger charge is 2.24. The highest BCUT2D eigenvalue weighted by molar-refractivity contribution is 5.87. The van der Waals surface area contributed by atoms with Gasteiger partial charge in [-0.05, 0) is 26.1 Å². The largest absolute Gasteiger partial charge is 0.478 e. The molecule has 0 saturated carbocycles. The van der Waals surface area contributed by atoms with E-state index in [1.807, 2.05) is 4.90 Å². The molecule has 0 spiro atoms. The number of rotatable bonds is 3. The topological polar surface area (TPSA) is 43.8 Å². The number of halogens is 1. The number of carboxylic acid groups (broad SMARTS) is 1. The zero-order chi connectivity index (χ0) is 14.7. The van der Waals surface area contributed by atoms with Crippen molar-refractivity contribution < 1.29 is 14.3 Å². The zero-order valence-electron chi connectivity index (χ0n) is 11.7. The monoisotopic (exact) mass is 278 g/mol. The standard InChI is InChI=1S/C15H19FN2O2/c1-11-10-18(9-8-17(11)2)15-12(6-7-14(19)20)4-3-5-13(15)16/h3-7,11H,8-10H2,1-2H3,(H,19,20)/b7-6+. The molecule has 5 heteroatoms. The molecule has 1 aliphatic heterocycles. The molecule has 1 aromatic carbocycles. The summed E-state index contributed by atoms with van der Waals surface area (Å²) in [7, 11) is 2.05. The maximum absolute atomic E-state index is 14.1. The van der Waals surface area contributed by atoms with Crippen molar-refractivity contribution in [1.29, 1.82) is 0 Å². The maximum Gasteiger partial charge on any atom is 0.328 e. The third-order valence-electron chi connectivity index (χ3n) is 3.70. The summed E-state index contributed by atoms with van der Waals surface area (Å²) >= 11 is 0. The van der Waals surface area contributed by atoms with Gasteiger partial charge in [-0.1, -0.05) is 12.1 Å². The van der Waals surface area contributed by atoms with Gasteiger partial charge in [-0.2, -0.15) is 0 Å². The number of carbonyl (C=O) groups is 1. The van der Waals surface area contributed by atoms with Gasteiger partial charge in [0, 0.05) is 37.3 Å². The van der Waals surface area contributed by atoms with Gasteiger partial charge in [0.05, 0.1) is 5.69 Å². The molecule has 0 radical (unpaired) electrons. The minimum atomic E-state index is -1.04. The summed E-state index contributed by atoms with van der Waals surface area (Å²) < 4.78 is 14.1. The third-order valence-corrected chi connectivity index (χ3v) is 3.70. The summed E-state index contributed by atoms with van der Waals surface area (Å²) in [5.41, 5.74) is 1.09. The molecule has 0 aliphatic carbocycles. The highest BCUT2D eigenvalue weighted by Crippen LogP contribution is 2.27. The first kappa shape index (κ1) is 14.5. The molecule has 1 unspecified atom stereocenters. The third kappa shape index (κ3) is 3.17. The first-order valence-electron chi connectivity index (χ1n) is 6.63. The fourth-order valence-corrected chi connectivity index (χ4v) is 2.41. The fourth-order valence-electron chi connectivity index (χ4n) is 2.41. The highest BCUT2D eigenvalue weighted by atomic mass is 19.1. The van der Waals surface area contributed by atoms with Gasteiger partial charge in [0.15, 0.2) is 0 Å². The average Bonchev–Trinajstić information content (AvgIpc) is 2.40. The van der Waals surface area contributed by atoms with Crippen LogP contribution in [0.1, 0.15) is 12.5 Å². The number of para-hydroxylation sites is 1.